The van der Waals surface area contributed by atoms with Crippen molar-refractivity contribution in [2.75, 3.05) is 0 Å². The fourth-order valence-corrected chi connectivity index (χ4v) is 2.50. The minimum Gasteiger partial charge on any atom is -0.375 e. The average molecular weight is 222 g/mol. The molecule has 16 heavy (non-hydrogen) atoms. The zero-order chi connectivity index (χ0) is 11.7. The summed E-state index contributed by atoms with van der Waals surface area (Å²) in [6.45, 7) is 6.09. The molecule has 0 amide bonds. The second kappa shape index (κ2) is 4.37. The standard InChI is InChI=1S/C12H18N2O2/c1-7-8(2)16-9(3)12(7)10(15)6-11-13-4-5-14-11/h4-5,7-9,12H,6H2,1-3H3,(H,13,14). The van der Waals surface area contributed by atoms with Gasteiger partial charge in [-0.05, 0) is 19.8 Å². The minimum absolute atomic E-state index is 0.0000926. The predicted molar refractivity (Wildman–Crippen MR) is 60.0 cm³/mol. The van der Waals surface area contributed by atoms with Gasteiger partial charge < -0.3 is 9.72 Å². The van der Waals surface area contributed by atoms with Crippen molar-refractivity contribution in [3.63, 3.8) is 0 Å². The first-order valence-corrected chi connectivity index (χ1v) is 5.76. The third-order valence-corrected chi connectivity index (χ3v) is 3.51. The van der Waals surface area contributed by atoms with Gasteiger partial charge in [0.2, 0.25) is 0 Å². The van der Waals surface area contributed by atoms with E-state index in [1.165, 1.54) is 0 Å². The van der Waals surface area contributed by atoms with E-state index in [0.29, 0.717) is 6.42 Å². The molecular formula is C12H18N2O2. The first-order valence-electron chi connectivity index (χ1n) is 5.76. The molecule has 1 aromatic heterocycles. The Morgan fingerprint density at radius 1 is 1.44 bits per heavy atom. The first kappa shape index (κ1) is 11.3. The van der Waals surface area contributed by atoms with Crippen molar-refractivity contribution >= 4 is 5.78 Å². The Hall–Kier alpha value is -1.16. The molecular weight excluding hydrogens is 204 g/mol. The van der Waals surface area contributed by atoms with Crippen LogP contribution in [-0.4, -0.2) is 28.0 Å². The lowest BCUT2D eigenvalue weighted by Crippen LogP contribution is -2.28. The molecule has 1 N–H and O–H groups in total. The molecule has 4 nitrogen and oxygen atoms in total. The Morgan fingerprint density at radius 3 is 2.69 bits per heavy atom. The van der Waals surface area contributed by atoms with E-state index in [9.17, 15) is 4.79 Å². The van der Waals surface area contributed by atoms with E-state index in [-0.39, 0.29) is 29.8 Å². The Labute approximate surface area is 95.4 Å². The van der Waals surface area contributed by atoms with Crippen LogP contribution in [0.4, 0.5) is 0 Å². The molecule has 1 aliphatic rings. The largest absolute Gasteiger partial charge is 0.375 e. The summed E-state index contributed by atoms with van der Waals surface area (Å²) in [5, 5.41) is 0. The van der Waals surface area contributed by atoms with Crippen LogP contribution in [0.5, 0.6) is 0 Å². The second-order valence-corrected chi connectivity index (χ2v) is 4.61. The molecule has 0 bridgehead atoms. The molecule has 1 saturated heterocycles. The van der Waals surface area contributed by atoms with Crippen LogP contribution in [0.1, 0.15) is 26.6 Å². The van der Waals surface area contributed by atoms with Gasteiger partial charge in [0.1, 0.15) is 11.6 Å². The van der Waals surface area contributed by atoms with Crippen molar-refractivity contribution in [3.8, 4) is 0 Å². The fourth-order valence-electron chi connectivity index (χ4n) is 2.50. The van der Waals surface area contributed by atoms with Crippen LogP contribution in [-0.2, 0) is 16.0 Å². The van der Waals surface area contributed by atoms with Crippen LogP contribution in [0.25, 0.3) is 0 Å². The van der Waals surface area contributed by atoms with Gasteiger partial charge in [0.25, 0.3) is 0 Å². The SMILES string of the molecule is CC1OC(C)C(C(=O)Cc2ncc[nH]2)C1C. The van der Waals surface area contributed by atoms with Crippen LogP contribution < -0.4 is 0 Å². The summed E-state index contributed by atoms with van der Waals surface area (Å²) in [5.74, 6) is 1.25. The van der Waals surface area contributed by atoms with E-state index in [4.69, 9.17) is 4.74 Å². The smallest absolute Gasteiger partial charge is 0.146 e. The number of ketones is 1. The quantitative estimate of drug-likeness (QED) is 0.844. The average Bonchev–Trinajstić information content (AvgIpc) is 2.77. The highest BCUT2D eigenvalue weighted by Crippen LogP contribution is 2.33. The summed E-state index contributed by atoms with van der Waals surface area (Å²) < 4.78 is 5.67. The lowest BCUT2D eigenvalue weighted by Gasteiger charge is -2.16. The molecule has 2 heterocycles. The van der Waals surface area contributed by atoms with Crippen molar-refractivity contribution in [3.05, 3.63) is 18.2 Å². The zero-order valence-corrected chi connectivity index (χ0v) is 9.93. The normalized spacial score (nSPS) is 34.2. The fraction of sp³-hybridized carbons (Fsp3) is 0.667. The number of aromatic nitrogens is 2. The maximum atomic E-state index is 12.1. The molecule has 1 aliphatic heterocycles. The number of imidazole rings is 1. The van der Waals surface area contributed by atoms with Crippen LogP contribution in [0.2, 0.25) is 0 Å². The lowest BCUT2D eigenvalue weighted by molar-refractivity contribution is -0.124. The molecule has 0 radical (unpaired) electrons. The van der Waals surface area contributed by atoms with Gasteiger partial charge in [-0.25, -0.2) is 4.98 Å². The summed E-state index contributed by atoms with van der Waals surface area (Å²) >= 11 is 0. The summed E-state index contributed by atoms with van der Waals surface area (Å²) in [7, 11) is 0. The predicted octanol–water partition coefficient (Wildman–Crippen LogP) is 1.58. The highest BCUT2D eigenvalue weighted by molar-refractivity contribution is 5.83. The van der Waals surface area contributed by atoms with Gasteiger partial charge in [-0.15, -0.1) is 0 Å². The van der Waals surface area contributed by atoms with Crippen molar-refractivity contribution < 1.29 is 9.53 Å². The lowest BCUT2D eigenvalue weighted by atomic mass is 9.85. The van der Waals surface area contributed by atoms with Crippen molar-refractivity contribution in [1.82, 2.24) is 9.97 Å². The minimum atomic E-state index is 0.0000926. The Morgan fingerprint density at radius 2 is 2.19 bits per heavy atom. The Kier molecular flexibility index (Phi) is 3.10. The van der Waals surface area contributed by atoms with Crippen molar-refractivity contribution in [1.29, 1.82) is 0 Å². The zero-order valence-electron chi connectivity index (χ0n) is 9.93. The van der Waals surface area contributed by atoms with Crippen LogP contribution in [0.15, 0.2) is 12.4 Å². The monoisotopic (exact) mass is 222 g/mol. The van der Waals surface area contributed by atoms with E-state index in [1.807, 2.05) is 13.8 Å². The van der Waals surface area contributed by atoms with Crippen molar-refractivity contribution in [2.24, 2.45) is 11.8 Å². The summed E-state index contributed by atoms with van der Waals surface area (Å²) in [4.78, 5) is 19.2. The third kappa shape index (κ3) is 2.02. The van der Waals surface area contributed by atoms with Gasteiger partial charge >= 0.3 is 0 Å². The number of ether oxygens (including phenoxy) is 1. The van der Waals surface area contributed by atoms with E-state index < -0.39 is 0 Å². The maximum Gasteiger partial charge on any atom is 0.146 e. The van der Waals surface area contributed by atoms with E-state index in [0.717, 1.165) is 5.82 Å². The number of hydrogen-bond donors (Lipinski definition) is 1. The summed E-state index contributed by atoms with van der Waals surface area (Å²) in [6, 6.07) is 0. The van der Waals surface area contributed by atoms with E-state index >= 15 is 0 Å². The van der Waals surface area contributed by atoms with Crippen LogP contribution in [0.3, 0.4) is 0 Å². The number of H-pyrrole nitrogens is 1. The first-order chi connectivity index (χ1) is 7.59. The van der Waals surface area contributed by atoms with Crippen LogP contribution in [0, 0.1) is 11.8 Å². The van der Waals surface area contributed by atoms with Crippen LogP contribution >= 0.6 is 0 Å². The Bertz CT molecular complexity index is 361. The maximum absolute atomic E-state index is 12.1. The third-order valence-electron chi connectivity index (χ3n) is 3.51. The number of carbonyl (C=O) groups excluding carboxylic acids is 1. The molecule has 0 aliphatic carbocycles. The van der Waals surface area contributed by atoms with Crippen molar-refractivity contribution in [2.45, 2.75) is 39.4 Å². The molecule has 0 spiro atoms. The molecule has 2 rings (SSSR count). The molecule has 4 unspecified atom stereocenters. The highest BCUT2D eigenvalue weighted by atomic mass is 16.5. The molecule has 4 heteroatoms. The number of rotatable bonds is 3. The molecule has 88 valence electrons. The number of Topliss-reactive ketones (excluding diaryl/α,β-unsaturated/α-hetero) is 1. The number of nitrogens with zero attached hydrogens (tertiary/aromatic N) is 1. The summed E-state index contributed by atoms with van der Waals surface area (Å²) in [6.07, 6.45) is 3.97. The number of carbonyl (C=O) groups is 1. The van der Waals surface area contributed by atoms with E-state index in [2.05, 4.69) is 16.9 Å². The molecule has 1 aromatic rings. The number of aromatic amines is 1. The Balaban J connectivity index is 2.04. The highest BCUT2D eigenvalue weighted by Gasteiger charge is 2.41. The van der Waals surface area contributed by atoms with Gasteiger partial charge in [-0.1, -0.05) is 6.92 Å². The molecule has 0 aromatic carbocycles. The number of hydrogen-bond acceptors (Lipinski definition) is 3. The van der Waals surface area contributed by atoms with Gasteiger partial charge in [0.05, 0.1) is 18.6 Å². The van der Waals surface area contributed by atoms with Gasteiger partial charge in [0.15, 0.2) is 0 Å². The van der Waals surface area contributed by atoms with Gasteiger partial charge in [0, 0.05) is 18.3 Å². The molecule has 1 fully saturated rings. The van der Waals surface area contributed by atoms with Gasteiger partial charge in [-0.3, -0.25) is 4.79 Å². The molecule has 0 saturated carbocycles. The molecule has 4 atom stereocenters. The number of nitrogens with one attached hydrogen (secondary N) is 1. The topological polar surface area (TPSA) is 55.0 Å². The summed E-state index contributed by atoms with van der Waals surface area (Å²) in [5.41, 5.74) is 0. The second-order valence-electron chi connectivity index (χ2n) is 4.61. The van der Waals surface area contributed by atoms with E-state index in [1.54, 1.807) is 12.4 Å². The van der Waals surface area contributed by atoms with Gasteiger partial charge in [-0.2, -0.15) is 0 Å².